The summed E-state index contributed by atoms with van der Waals surface area (Å²) in [7, 11) is 0. The summed E-state index contributed by atoms with van der Waals surface area (Å²) in [6.07, 6.45) is -3.42. The summed E-state index contributed by atoms with van der Waals surface area (Å²) in [4.78, 5) is 12.6. The van der Waals surface area contributed by atoms with Crippen LogP contribution in [0.15, 0.2) is 0 Å². The summed E-state index contributed by atoms with van der Waals surface area (Å²) in [6.45, 7) is 8.55. The Balaban J connectivity index is 2.80. The second kappa shape index (κ2) is 6.78. The van der Waals surface area contributed by atoms with E-state index >= 15 is 0 Å². The summed E-state index contributed by atoms with van der Waals surface area (Å²) < 4.78 is 38.2. The first-order valence-electron chi connectivity index (χ1n) is 7.22. The molecule has 1 fully saturated rings. The van der Waals surface area contributed by atoms with E-state index in [1.54, 1.807) is 0 Å². The standard InChI is InChI=1S/C14H25F3N2O/c1-9(2)5-11-8-19(13(20)14(15,16)17)12(7-18-11)6-10(3)4/h9-12,18H,5-8H2,1-4H3. The van der Waals surface area contributed by atoms with Gasteiger partial charge in [0, 0.05) is 25.2 Å². The van der Waals surface area contributed by atoms with Crippen LogP contribution in [0.4, 0.5) is 13.2 Å². The maximum absolute atomic E-state index is 12.7. The van der Waals surface area contributed by atoms with E-state index in [0.717, 1.165) is 11.3 Å². The van der Waals surface area contributed by atoms with E-state index in [4.69, 9.17) is 0 Å². The molecule has 1 amide bonds. The van der Waals surface area contributed by atoms with Crippen LogP contribution in [0.2, 0.25) is 0 Å². The van der Waals surface area contributed by atoms with Crippen LogP contribution < -0.4 is 5.32 Å². The first kappa shape index (κ1) is 17.3. The highest BCUT2D eigenvalue weighted by Gasteiger charge is 2.46. The normalized spacial score (nSPS) is 24.6. The molecular weight excluding hydrogens is 269 g/mol. The number of amides is 1. The van der Waals surface area contributed by atoms with Crippen molar-refractivity contribution < 1.29 is 18.0 Å². The maximum Gasteiger partial charge on any atom is 0.471 e. The number of halogens is 3. The van der Waals surface area contributed by atoms with Crippen molar-refractivity contribution in [3.63, 3.8) is 0 Å². The van der Waals surface area contributed by atoms with Crippen LogP contribution in [0.5, 0.6) is 0 Å². The van der Waals surface area contributed by atoms with Crippen molar-refractivity contribution in [2.24, 2.45) is 11.8 Å². The third-order valence-electron chi connectivity index (χ3n) is 3.50. The summed E-state index contributed by atoms with van der Waals surface area (Å²) in [5.74, 6) is -1.05. The molecule has 6 heteroatoms. The lowest BCUT2D eigenvalue weighted by Crippen LogP contribution is -2.61. The summed E-state index contributed by atoms with van der Waals surface area (Å²) in [5.41, 5.74) is 0. The largest absolute Gasteiger partial charge is 0.471 e. The SMILES string of the molecule is CC(C)CC1CN(C(=O)C(F)(F)F)C(CC(C)C)CN1. The van der Waals surface area contributed by atoms with Gasteiger partial charge >= 0.3 is 12.1 Å². The van der Waals surface area contributed by atoms with Crippen LogP contribution in [0.3, 0.4) is 0 Å². The van der Waals surface area contributed by atoms with Crippen LogP contribution in [0.1, 0.15) is 40.5 Å². The molecular formula is C14H25F3N2O. The molecule has 3 nitrogen and oxygen atoms in total. The maximum atomic E-state index is 12.7. The third-order valence-corrected chi connectivity index (χ3v) is 3.50. The van der Waals surface area contributed by atoms with Gasteiger partial charge in [0.25, 0.3) is 0 Å². The topological polar surface area (TPSA) is 32.3 Å². The van der Waals surface area contributed by atoms with Gasteiger partial charge in [-0.3, -0.25) is 4.79 Å². The molecule has 0 aromatic rings. The average molecular weight is 294 g/mol. The molecule has 118 valence electrons. The zero-order valence-electron chi connectivity index (χ0n) is 12.6. The Morgan fingerprint density at radius 1 is 1.20 bits per heavy atom. The average Bonchev–Trinajstić information content (AvgIpc) is 2.27. The molecule has 0 bridgehead atoms. The fourth-order valence-electron chi connectivity index (χ4n) is 2.76. The number of alkyl halides is 3. The van der Waals surface area contributed by atoms with Crippen LogP contribution in [-0.2, 0) is 4.79 Å². The van der Waals surface area contributed by atoms with Crippen LogP contribution in [-0.4, -0.2) is 42.2 Å². The van der Waals surface area contributed by atoms with E-state index < -0.39 is 12.1 Å². The highest BCUT2D eigenvalue weighted by atomic mass is 19.4. The molecule has 2 unspecified atom stereocenters. The van der Waals surface area contributed by atoms with Gasteiger partial charge in [0.15, 0.2) is 0 Å². The molecule has 0 aromatic heterocycles. The van der Waals surface area contributed by atoms with E-state index in [9.17, 15) is 18.0 Å². The van der Waals surface area contributed by atoms with Gasteiger partial charge in [-0.2, -0.15) is 13.2 Å². The van der Waals surface area contributed by atoms with Gasteiger partial charge in [0.2, 0.25) is 0 Å². The van der Waals surface area contributed by atoms with Crippen molar-refractivity contribution in [1.29, 1.82) is 0 Å². The quantitative estimate of drug-likeness (QED) is 0.864. The number of nitrogens with zero attached hydrogens (tertiary/aromatic N) is 1. The van der Waals surface area contributed by atoms with Gasteiger partial charge in [-0.1, -0.05) is 27.7 Å². The Hall–Kier alpha value is -0.780. The fraction of sp³-hybridized carbons (Fsp3) is 0.929. The van der Waals surface area contributed by atoms with E-state index in [-0.39, 0.29) is 24.5 Å². The molecule has 1 saturated heterocycles. The molecule has 0 radical (unpaired) electrons. The molecule has 2 atom stereocenters. The van der Waals surface area contributed by atoms with Crippen LogP contribution >= 0.6 is 0 Å². The Bertz CT molecular complexity index is 329. The van der Waals surface area contributed by atoms with E-state index in [1.165, 1.54) is 0 Å². The molecule has 0 aliphatic carbocycles. The highest BCUT2D eigenvalue weighted by molar-refractivity contribution is 5.82. The third kappa shape index (κ3) is 4.96. The van der Waals surface area contributed by atoms with Crippen molar-refractivity contribution in [3.8, 4) is 0 Å². The summed E-state index contributed by atoms with van der Waals surface area (Å²) in [6, 6.07) is -0.419. The first-order valence-corrected chi connectivity index (χ1v) is 7.22. The first-order chi connectivity index (χ1) is 9.11. The van der Waals surface area contributed by atoms with Crippen molar-refractivity contribution in [3.05, 3.63) is 0 Å². The molecule has 1 N–H and O–H groups in total. The Morgan fingerprint density at radius 3 is 2.20 bits per heavy atom. The summed E-state index contributed by atoms with van der Waals surface area (Å²) in [5, 5.41) is 3.28. The number of rotatable bonds is 4. The Morgan fingerprint density at radius 2 is 1.75 bits per heavy atom. The number of hydrogen-bond donors (Lipinski definition) is 1. The molecule has 0 aromatic carbocycles. The molecule has 1 aliphatic rings. The zero-order chi connectivity index (χ0) is 15.5. The highest BCUT2D eigenvalue weighted by Crippen LogP contribution is 2.25. The van der Waals surface area contributed by atoms with Gasteiger partial charge in [-0.25, -0.2) is 0 Å². The van der Waals surface area contributed by atoms with E-state index in [2.05, 4.69) is 5.32 Å². The zero-order valence-corrected chi connectivity index (χ0v) is 12.6. The number of carbonyl (C=O) groups is 1. The van der Waals surface area contributed by atoms with Crippen LogP contribution in [0, 0.1) is 11.8 Å². The van der Waals surface area contributed by atoms with Gasteiger partial charge in [0.05, 0.1) is 0 Å². The van der Waals surface area contributed by atoms with Gasteiger partial charge in [0.1, 0.15) is 0 Å². The van der Waals surface area contributed by atoms with Crippen molar-refractivity contribution in [2.75, 3.05) is 13.1 Å². The Labute approximate surface area is 118 Å². The number of piperazine rings is 1. The number of hydrogen-bond acceptors (Lipinski definition) is 2. The molecule has 0 spiro atoms. The minimum absolute atomic E-state index is 0.0512. The number of nitrogens with one attached hydrogen (secondary N) is 1. The lowest BCUT2D eigenvalue weighted by atomic mass is 9.95. The molecule has 0 saturated carbocycles. The van der Waals surface area contributed by atoms with E-state index in [0.29, 0.717) is 18.9 Å². The molecule has 1 aliphatic heterocycles. The smallest absolute Gasteiger partial charge is 0.329 e. The number of carbonyl (C=O) groups excluding carboxylic acids is 1. The second-order valence-corrected chi connectivity index (χ2v) is 6.47. The minimum Gasteiger partial charge on any atom is -0.329 e. The second-order valence-electron chi connectivity index (χ2n) is 6.47. The lowest BCUT2D eigenvalue weighted by Gasteiger charge is -2.41. The summed E-state index contributed by atoms with van der Waals surface area (Å²) >= 11 is 0. The monoisotopic (exact) mass is 294 g/mol. The van der Waals surface area contributed by atoms with Gasteiger partial charge < -0.3 is 10.2 Å². The van der Waals surface area contributed by atoms with Crippen LogP contribution in [0.25, 0.3) is 0 Å². The molecule has 20 heavy (non-hydrogen) atoms. The fourth-order valence-corrected chi connectivity index (χ4v) is 2.76. The predicted molar refractivity (Wildman–Crippen MR) is 72.3 cm³/mol. The minimum atomic E-state index is -4.78. The van der Waals surface area contributed by atoms with Crippen molar-refractivity contribution in [1.82, 2.24) is 10.2 Å². The Kier molecular flexibility index (Phi) is 5.86. The van der Waals surface area contributed by atoms with Gasteiger partial charge in [-0.15, -0.1) is 0 Å². The van der Waals surface area contributed by atoms with E-state index in [1.807, 2.05) is 27.7 Å². The van der Waals surface area contributed by atoms with Gasteiger partial charge in [-0.05, 0) is 24.7 Å². The molecule has 1 heterocycles. The van der Waals surface area contributed by atoms with Crippen molar-refractivity contribution in [2.45, 2.75) is 58.8 Å². The van der Waals surface area contributed by atoms with Crippen molar-refractivity contribution >= 4 is 5.91 Å². The molecule has 1 rings (SSSR count). The lowest BCUT2D eigenvalue weighted by molar-refractivity contribution is -0.189. The predicted octanol–water partition coefficient (Wildman–Crippen LogP) is 2.81.